The van der Waals surface area contributed by atoms with E-state index < -0.39 is 0 Å². The summed E-state index contributed by atoms with van der Waals surface area (Å²) in [6.45, 7) is 6.51. The zero-order valence-corrected chi connectivity index (χ0v) is 12.8. The number of amides is 1. The lowest BCUT2D eigenvalue weighted by Gasteiger charge is -2.27. The van der Waals surface area contributed by atoms with Crippen LogP contribution in [0.3, 0.4) is 0 Å². The first kappa shape index (κ1) is 14.1. The molecule has 2 heterocycles. The Morgan fingerprint density at radius 2 is 2.19 bits per heavy atom. The van der Waals surface area contributed by atoms with Gasteiger partial charge in [0.15, 0.2) is 0 Å². The third-order valence-electron chi connectivity index (χ3n) is 4.13. The highest BCUT2D eigenvalue weighted by molar-refractivity contribution is 5.86. The standard InChI is InChI=1S/C17H23N3O/c1-12(2)18-9-7-17(21)20-10-8-16-14(11-20)13-5-3-4-6-15(13)19-16/h3-6,12,18-19H,7-11H2,1-2H3. The Morgan fingerprint density at radius 1 is 1.38 bits per heavy atom. The van der Waals surface area contributed by atoms with Gasteiger partial charge >= 0.3 is 0 Å². The van der Waals surface area contributed by atoms with Gasteiger partial charge in [0, 0.05) is 60.7 Å². The summed E-state index contributed by atoms with van der Waals surface area (Å²) in [5, 5.41) is 4.56. The van der Waals surface area contributed by atoms with Crippen LogP contribution in [0.2, 0.25) is 0 Å². The average molecular weight is 285 g/mol. The van der Waals surface area contributed by atoms with Gasteiger partial charge in [0.25, 0.3) is 0 Å². The van der Waals surface area contributed by atoms with Crippen LogP contribution in [0.4, 0.5) is 0 Å². The van der Waals surface area contributed by atoms with Gasteiger partial charge < -0.3 is 15.2 Å². The molecule has 4 heteroatoms. The molecule has 3 rings (SSSR count). The van der Waals surface area contributed by atoms with Crippen molar-refractivity contribution in [2.24, 2.45) is 0 Å². The molecule has 1 aliphatic heterocycles. The van der Waals surface area contributed by atoms with Gasteiger partial charge in [-0.05, 0) is 6.07 Å². The van der Waals surface area contributed by atoms with Gasteiger partial charge in [-0.25, -0.2) is 0 Å². The Labute approximate surface area is 125 Å². The van der Waals surface area contributed by atoms with Gasteiger partial charge in [0.05, 0.1) is 0 Å². The first-order chi connectivity index (χ1) is 10.1. The molecule has 2 aromatic rings. The Balaban J connectivity index is 1.70. The highest BCUT2D eigenvalue weighted by Gasteiger charge is 2.23. The van der Waals surface area contributed by atoms with Crippen LogP contribution in [0.25, 0.3) is 10.9 Å². The number of nitrogens with zero attached hydrogens (tertiary/aromatic N) is 1. The largest absolute Gasteiger partial charge is 0.358 e. The Kier molecular flexibility index (Phi) is 3.97. The van der Waals surface area contributed by atoms with Crippen molar-refractivity contribution in [2.45, 2.75) is 39.3 Å². The van der Waals surface area contributed by atoms with Crippen molar-refractivity contribution in [3.8, 4) is 0 Å². The number of aromatic amines is 1. The number of benzene rings is 1. The van der Waals surface area contributed by atoms with E-state index in [0.717, 1.165) is 26.1 Å². The number of H-pyrrole nitrogens is 1. The van der Waals surface area contributed by atoms with Gasteiger partial charge in [-0.15, -0.1) is 0 Å². The van der Waals surface area contributed by atoms with Crippen molar-refractivity contribution >= 4 is 16.8 Å². The predicted molar refractivity (Wildman–Crippen MR) is 85.2 cm³/mol. The van der Waals surface area contributed by atoms with Gasteiger partial charge in [-0.3, -0.25) is 4.79 Å². The molecule has 0 bridgehead atoms. The highest BCUT2D eigenvalue weighted by atomic mass is 16.2. The van der Waals surface area contributed by atoms with E-state index in [0.29, 0.717) is 12.5 Å². The summed E-state index contributed by atoms with van der Waals surface area (Å²) in [6.07, 6.45) is 1.50. The summed E-state index contributed by atoms with van der Waals surface area (Å²) in [5.41, 5.74) is 3.76. The third kappa shape index (κ3) is 2.95. The van der Waals surface area contributed by atoms with E-state index in [-0.39, 0.29) is 5.91 Å². The van der Waals surface area contributed by atoms with Crippen LogP contribution in [0, 0.1) is 0 Å². The van der Waals surface area contributed by atoms with Crippen molar-refractivity contribution in [1.82, 2.24) is 15.2 Å². The molecular formula is C17H23N3O. The molecule has 1 aliphatic rings. The maximum atomic E-state index is 12.3. The second-order valence-electron chi connectivity index (χ2n) is 6.05. The first-order valence-corrected chi connectivity index (χ1v) is 7.75. The molecule has 0 fully saturated rings. The minimum absolute atomic E-state index is 0.249. The number of rotatable bonds is 4. The molecule has 0 spiro atoms. The van der Waals surface area contributed by atoms with Gasteiger partial charge in [-0.2, -0.15) is 0 Å². The SMILES string of the molecule is CC(C)NCCC(=O)N1CCc2[nH]c3ccccc3c2C1. The van der Waals surface area contributed by atoms with E-state index in [1.54, 1.807) is 0 Å². The van der Waals surface area contributed by atoms with Crippen molar-refractivity contribution < 1.29 is 4.79 Å². The van der Waals surface area contributed by atoms with Gasteiger partial charge in [0.2, 0.25) is 5.91 Å². The van der Waals surface area contributed by atoms with Crippen LogP contribution >= 0.6 is 0 Å². The lowest BCUT2D eigenvalue weighted by atomic mass is 10.0. The number of carbonyl (C=O) groups excluding carboxylic acids is 1. The second kappa shape index (κ2) is 5.90. The van der Waals surface area contributed by atoms with Crippen LogP contribution in [0.1, 0.15) is 31.5 Å². The number of fused-ring (bicyclic) bond motifs is 3. The summed E-state index contributed by atoms with van der Waals surface area (Å²) in [6, 6.07) is 8.78. The Bertz CT molecular complexity index is 645. The van der Waals surface area contributed by atoms with E-state index in [9.17, 15) is 4.79 Å². The van der Waals surface area contributed by atoms with Crippen molar-refractivity contribution in [3.05, 3.63) is 35.5 Å². The minimum Gasteiger partial charge on any atom is -0.358 e. The molecule has 0 radical (unpaired) electrons. The first-order valence-electron chi connectivity index (χ1n) is 7.75. The maximum Gasteiger partial charge on any atom is 0.224 e. The number of carbonyl (C=O) groups is 1. The molecule has 4 nitrogen and oxygen atoms in total. The number of hydrogen-bond acceptors (Lipinski definition) is 2. The van der Waals surface area contributed by atoms with E-state index >= 15 is 0 Å². The number of nitrogens with one attached hydrogen (secondary N) is 2. The van der Waals surface area contributed by atoms with Crippen LogP contribution in [0.15, 0.2) is 24.3 Å². The normalized spacial score (nSPS) is 14.7. The molecule has 0 saturated carbocycles. The molecule has 0 aliphatic carbocycles. The molecule has 112 valence electrons. The molecule has 2 N–H and O–H groups in total. The lowest BCUT2D eigenvalue weighted by Crippen LogP contribution is -2.37. The predicted octanol–water partition coefficient (Wildman–Crippen LogP) is 2.44. The zero-order chi connectivity index (χ0) is 14.8. The zero-order valence-electron chi connectivity index (χ0n) is 12.8. The van der Waals surface area contributed by atoms with Crippen LogP contribution < -0.4 is 5.32 Å². The van der Waals surface area contributed by atoms with Crippen molar-refractivity contribution in [3.63, 3.8) is 0 Å². The average Bonchev–Trinajstić information content (AvgIpc) is 2.84. The summed E-state index contributed by atoms with van der Waals surface area (Å²) < 4.78 is 0. The highest BCUT2D eigenvalue weighted by Crippen LogP contribution is 2.27. The van der Waals surface area contributed by atoms with Crippen molar-refractivity contribution in [2.75, 3.05) is 13.1 Å². The minimum atomic E-state index is 0.249. The van der Waals surface area contributed by atoms with Gasteiger partial charge in [0.1, 0.15) is 0 Å². The van der Waals surface area contributed by atoms with E-state index in [1.807, 2.05) is 11.0 Å². The van der Waals surface area contributed by atoms with E-state index in [1.165, 1.54) is 22.2 Å². The van der Waals surface area contributed by atoms with E-state index in [2.05, 4.69) is 42.3 Å². The monoisotopic (exact) mass is 285 g/mol. The molecule has 1 amide bonds. The maximum absolute atomic E-state index is 12.3. The quantitative estimate of drug-likeness (QED) is 0.906. The Morgan fingerprint density at radius 3 is 3.00 bits per heavy atom. The molecular weight excluding hydrogens is 262 g/mol. The van der Waals surface area contributed by atoms with Crippen LogP contribution in [0.5, 0.6) is 0 Å². The van der Waals surface area contributed by atoms with E-state index in [4.69, 9.17) is 0 Å². The molecule has 0 unspecified atom stereocenters. The fraction of sp³-hybridized carbons (Fsp3) is 0.471. The molecule has 0 atom stereocenters. The van der Waals surface area contributed by atoms with Crippen LogP contribution in [-0.4, -0.2) is 34.9 Å². The fourth-order valence-corrected chi connectivity index (χ4v) is 3.01. The number of para-hydroxylation sites is 1. The third-order valence-corrected chi connectivity index (χ3v) is 4.13. The smallest absolute Gasteiger partial charge is 0.224 e. The summed E-state index contributed by atoms with van der Waals surface area (Å²) in [5.74, 6) is 0.249. The molecule has 0 saturated heterocycles. The molecule has 21 heavy (non-hydrogen) atoms. The number of aromatic nitrogens is 1. The van der Waals surface area contributed by atoms with Gasteiger partial charge in [-0.1, -0.05) is 32.0 Å². The molecule has 1 aromatic heterocycles. The second-order valence-corrected chi connectivity index (χ2v) is 6.05. The summed E-state index contributed by atoms with van der Waals surface area (Å²) in [7, 11) is 0. The molecule has 1 aromatic carbocycles. The lowest BCUT2D eigenvalue weighted by molar-refractivity contribution is -0.132. The number of hydrogen-bond donors (Lipinski definition) is 2. The fourth-order valence-electron chi connectivity index (χ4n) is 3.01. The Hall–Kier alpha value is -1.81. The van der Waals surface area contributed by atoms with Crippen molar-refractivity contribution in [1.29, 1.82) is 0 Å². The summed E-state index contributed by atoms with van der Waals surface area (Å²) in [4.78, 5) is 17.8. The topological polar surface area (TPSA) is 48.1 Å². The summed E-state index contributed by atoms with van der Waals surface area (Å²) >= 11 is 0. The van der Waals surface area contributed by atoms with Crippen LogP contribution in [-0.2, 0) is 17.8 Å².